The highest BCUT2D eigenvalue weighted by Crippen LogP contribution is 2.39. The topological polar surface area (TPSA) is 54.5 Å². The van der Waals surface area contributed by atoms with Crippen molar-refractivity contribution in [3.05, 3.63) is 21.9 Å². The third-order valence-corrected chi connectivity index (χ3v) is 5.03. The van der Waals surface area contributed by atoms with Crippen molar-refractivity contribution in [2.45, 2.75) is 31.4 Å². The van der Waals surface area contributed by atoms with E-state index in [1.54, 1.807) is 12.4 Å². The van der Waals surface area contributed by atoms with E-state index in [-0.39, 0.29) is 17.7 Å². The van der Waals surface area contributed by atoms with Gasteiger partial charge in [0, 0.05) is 38.3 Å². The molecule has 2 aliphatic rings. The maximum Gasteiger partial charge on any atom is 0.408 e. The van der Waals surface area contributed by atoms with Crippen molar-refractivity contribution in [3.63, 3.8) is 0 Å². The summed E-state index contributed by atoms with van der Waals surface area (Å²) in [6.07, 6.45) is 4.65. The molecular formula is C13H15BrClN3O2. The molecule has 0 saturated carbocycles. The van der Waals surface area contributed by atoms with Gasteiger partial charge >= 0.3 is 6.09 Å². The van der Waals surface area contributed by atoms with Crippen LogP contribution >= 0.6 is 27.5 Å². The van der Waals surface area contributed by atoms with Crippen molar-refractivity contribution in [1.29, 1.82) is 0 Å². The monoisotopic (exact) mass is 359 g/mol. The Morgan fingerprint density at radius 1 is 1.50 bits per heavy atom. The molecule has 7 heteroatoms. The number of alkyl carbamates (subject to hydrolysis) is 1. The average molecular weight is 361 g/mol. The van der Waals surface area contributed by atoms with Crippen LogP contribution in [0.3, 0.4) is 0 Å². The van der Waals surface area contributed by atoms with E-state index in [4.69, 9.17) is 16.3 Å². The molecule has 1 spiro atoms. The SMILES string of the molecule is CC1NC(=O)OC12CCN(c1c(Cl)cncc1Br)CC2. The second kappa shape index (κ2) is 5.07. The molecule has 2 fully saturated rings. The molecule has 108 valence electrons. The van der Waals surface area contributed by atoms with E-state index in [0.29, 0.717) is 5.02 Å². The van der Waals surface area contributed by atoms with Crippen LogP contribution in [0.25, 0.3) is 0 Å². The van der Waals surface area contributed by atoms with Crippen LogP contribution < -0.4 is 10.2 Å². The Kier molecular flexibility index (Phi) is 3.54. The Morgan fingerprint density at radius 2 is 2.20 bits per heavy atom. The van der Waals surface area contributed by atoms with Crippen molar-refractivity contribution in [1.82, 2.24) is 10.3 Å². The van der Waals surface area contributed by atoms with Crippen molar-refractivity contribution in [2.75, 3.05) is 18.0 Å². The molecule has 3 rings (SSSR count). The molecule has 1 amide bonds. The van der Waals surface area contributed by atoms with Gasteiger partial charge < -0.3 is 15.0 Å². The highest BCUT2D eigenvalue weighted by Gasteiger charge is 2.48. The number of pyridine rings is 1. The van der Waals surface area contributed by atoms with E-state index in [1.165, 1.54) is 0 Å². The number of piperidine rings is 1. The fraction of sp³-hybridized carbons (Fsp3) is 0.538. The fourth-order valence-corrected chi connectivity index (χ4v) is 3.94. The van der Waals surface area contributed by atoms with E-state index in [0.717, 1.165) is 36.1 Å². The summed E-state index contributed by atoms with van der Waals surface area (Å²) < 4.78 is 6.40. The number of amides is 1. The Hall–Kier alpha value is -1.01. The number of nitrogens with one attached hydrogen (secondary N) is 1. The second-order valence-corrected chi connectivity index (χ2v) is 6.52. The van der Waals surface area contributed by atoms with Crippen LogP contribution in [0.1, 0.15) is 19.8 Å². The van der Waals surface area contributed by atoms with Gasteiger partial charge in [0.2, 0.25) is 0 Å². The molecule has 20 heavy (non-hydrogen) atoms. The molecule has 0 aromatic carbocycles. The van der Waals surface area contributed by atoms with E-state index < -0.39 is 0 Å². The molecule has 0 bridgehead atoms. The first kappa shape index (κ1) is 13.9. The number of anilines is 1. The van der Waals surface area contributed by atoms with E-state index in [1.807, 2.05) is 6.92 Å². The molecule has 1 unspecified atom stereocenters. The summed E-state index contributed by atoms with van der Waals surface area (Å²) in [5, 5.41) is 3.46. The number of ether oxygens (including phenoxy) is 1. The predicted octanol–water partition coefficient (Wildman–Crippen LogP) is 2.96. The lowest BCUT2D eigenvalue weighted by Gasteiger charge is -2.41. The number of hydrogen-bond acceptors (Lipinski definition) is 4. The molecule has 0 aliphatic carbocycles. The number of rotatable bonds is 1. The second-order valence-electron chi connectivity index (χ2n) is 5.26. The van der Waals surface area contributed by atoms with Crippen molar-refractivity contribution in [2.24, 2.45) is 0 Å². The number of aromatic nitrogens is 1. The van der Waals surface area contributed by atoms with Crippen molar-refractivity contribution >= 4 is 39.3 Å². The Morgan fingerprint density at radius 3 is 2.75 bits per heavy atom. The molecule has 1 atom stereocenters. The fourth-order valence-electron chi connectivity index (χ4n) is 2.96. The Bertz CT molecular complexity index is 526. The van der Waals surface area contributed by atoms with Crippen molar-refractivity contribution < 1.29 is 9.53 Å². The molecule has 1 aromatic heterocycles. The third-order valence-electron chi connectivity index (χ3n) is 4.17. The van der Waals surface area contributed by atoms with Crippen LogP contribution in [-0.2, 0) is 4.74 Å². The zero-order valence-corrected chi connectivity index (χ0v) is 13.4. The molecule has 3 heterocycles. The minimum atomic E-state index is -0.375. The van der Waals surface area contributed by atoms with Gasteiger partial charge in [-0.2, -0.15) is 0 Å². The Labute approximate surface area is 130 Å². The summed E-state index contributed by atoms with van der Waals surface area (Å²) in [5.74, 6) is 0. The van der Waals surface area contributed by atoms with Gasteiger partial charge in [-0.05, 0) is 22.9 Å². The van der Waals surface area contributed by atoms with Crippen LogP contribution in [0.15, 0.2) is 16.9 Å². The number of halogens is 2. The summed E-state index contributed by atoms with van der Waals surface area (Å²) in [4.78, 5) is 17.7. The van der Waals surface area contributed by atoms with Gasteiger partial charge in [-0.1, -0.05) is 11.6 Å². The van der Waals surface area contributed by atoms with Gasteiger partial charge in [-0.25, -0.2) is 4.79 Å². The summed E-state index contributed by atoms with van der Waals surface area (Å²) in [6.45, 7) is 3.58. The molecule has 1 aromatic rings. The van der Waals surface area contributed by atoms with Crippen LogP contribution in [0.2, 0.25) is 5.02 Å². The number of carbonyl (C=O) groups excluding carboxylic acids is 1. The van der Waals surface area contributed by atoms with Gasteiger partial charge in [-0.3, -0.25) is 4.98 Å². The zero-order chi connectivity index (χ0) is 14.3. The summed E-state index contributed by atoms with van der Waals surface area (Å²) in [6, 6.07) is 0.0495. The number of carbonyl (C=O) groups is 1. The van der Waals surface area contributed by atoms with E-state index in [2.05, 4.69) is 31.1 Å². The molecular weight excluding hydrogens is 346 g/mol. The first-order chi connectivity index (χ1) is 9.52. The van der Waals surface area contributed by atoms with Crippen LogP contribution in [0.4, 0.5) is 10.5 Å². The quantitative estimate of drug-likeness (QED) is 0.836. The van der Waals surface area contributed by atoms with Gasteiger partial charge in [0.25, 0.3) is 0 Å². The minimum Gasteiger partial charge on any atom is -0.441 e. The molecule has 0 radical (unpaired) electrons. The van der Waals surface area contributed by atoms with E-state index >= 15 is 0 Å². The molecule has 2 aliphatic heterocycles. The highest BCUT2D eigenvalue weighted by molar-refractivity contribution is 9.10. The maximum absolute atomic E-state index is 11.4. The standard InChI is InChI=1S/C13H15BrClN3O2/c1-8-13(20-12(19)17-8)2-4-18(5-3-13)11-9(14)6-16-7-10(11)15/h6-8H,2-5H2,1H3,(H,17,19). The predicted molar refractivity (Wildman–Crippen MR) is 80.2 cm³/mol. The largest absolute Gasteiger partial charge is 0.441 e. The van der Waals surface area contributed by atoms with E-state index in [9.17, 15) is 4.79 Å². The van der Waals surface area contributed by atoms with Crippen LogP contribution in [0, 0.1) is 0 Å². The van der Waals surface area contributed by atoms with Gasteiger partial charge in [-0.15, -0.1) is 0 Å². The lowest BCUT2D eigenvalue weighted by Crippen LogP contribution is -2.51. The number of hydrogen-bond donors (Lipinski definition) is 1. The summed E-state index contributed by atoms with van der Waals surface area (Å²) >= 11 is 9.73. The zero-order valence-electron chi connectivity index (χ0n) is 11.0. The van der Waals surface area contributed by atoms with Gasteiger partial charge in [0.05, 0.1) is 21.2 Å². The lowest BCUT2D eigenvalue weighted by molar-refractivity contribution is 0.0188. The smallest absolute Gasteiger partial charge is 0.408 e. The third kappa shape index (κ3) is 2.24. The first-order valence-electron chi connectivity index (χ1n) is 6.55. The van der Waals surface area contributed by atoms with Gasteiger partial charge in [0.1, 0.15) is 5.60 Å². The normalized spacial score (nSPS) is 24.6. The minimum absolute atomic E-state index is 0.0495. The molecule has 2 saturated heterocycles. The van der Waals surface area contributed by atoms with Crippen molar-refractivity contribution in [3.8, 4) is 0 Å². The lowest BCUT2D eigenvalue weighted by atomic mass is 9.85. The average Bonchev–Trinajstić information content (AvgIpc) is 2.66. The summed E-state index contributed by atoms with van der Waals surface area (Å²) in [7, 11) is 0. The number of nitrogens with zero attached hydrogens (tertiary/aromatic N) is 2. The van der Waals surface area contributed by atoms with Gasteiger partial charge in [0.15, 0.2) is 0 Å². The Balaban J connectivity index is 1.78. The van der Waals surface area contributed by atoms with Crippen LogP contribution in [-0.4, -0.2) is 35.8 Å². The van der Waals surface area contributed by atoms with Crippen LogP contribution in [0.5, 0.6) is 0 Å². The highest BCUT2D eigenvalue weighted by atomic mass is 79.9. The summed E-state index contributed by atoms with van der Waals surface area (Å²) in [5.41, 5.74) is 0.584. The maximum atomic E-state index is 11.4. The molecule has 1 N–H and O–H groups in total. The molecule has 5 nitrogen and oxygen atoms in total. The first-order valence-corrected chi connectivity index (χ1v) is 7.72.